The number of aryl methyl sites for hydroxylation is 2. The molecule has 0 aliphatic carbocycles. The lowest BCUT2D eigenvalue weighted by atomic mass is 9.86. The van der Waals surface area contributed by atoms with Crippen LogP contribution in [0.2, 0.25) is 0 Å². The van der Waals surface area contributed by atoms with Gasteiger partial charge in [-0.3, -0.25) is 9.59 Å². The average Bonchev–Trinajstić information content (AvgIpc) is 2.73. The standard InChI is InChI=1S/C23H23FN2O4/c1-12-17-10-14(24)4-6-20(17)26(2)22(27)21(12)16-5-3-13(9-19(25)23(28)29)18-11-30-8-7-15(16)18/h3-6,10,19H,7-9,11,25H2,1-2H3,(H,28,29). The zero-order valence-electron chi connectivity index (χ0n) is 16.9. The van der Waals surface area contributed by atoms with E-state index in [4.69, 9.17) is 10.5 Å². The van der Waals surface area contributed by atoms with Crippen molar-refractivity contribution in [3.8, 4) is 11.1 Å². The maximum atomic E-state index is 13.9. The van der Waals surface area contributed by atoms with Crippen LogP contribution in [0.4, 0.5) is 4.39 Å². The zero-order valence-corrected chi connectivity index (χ0v) is 16.9. The fourth-order valence-electron chi connectivity index (χ4n) is 4.30. The fraction of sp³-hybridized carbons (Fsp3) is 0.304. The van der Waals surface area contributed by atoms with Crippen molar-refractivity contribution < 1.29 is 19.0 Å². The molecule has 1 unspecified atom stereocenters. The molecule has 2 heterocycles. The molecule has 6 nitrogen and oxygen atoms in total. The summed E-state index contributed by atoms with van der Waals surface area (Å²) < 4.78 is 21.1. The Morgan fingerprint density at radius 3 is 2.80 bits per heavy atom. The highest BCUT2D eigenvalue weighted by Gasteiger charge is 2.24. The number of fused-ring (bicyclic) bond motifs is 2. The number of rotatable bonds is 4. The van der Waals surface area contributed by atoms with Crippen molar-refractivity contribution in [2.75, 3.05) is 6.61 Å². The fourth-order valence-corrected chi connectivity index (χ4v) is 4.30. The van der Waals surface area contributed by atoms with Gasteiger partial charge in [-0.05, 0) is 65.8 Å². The minimum absolute atomic E-state index is 0.157. The third-order valence-corrected chi connectivity index (χ3v) is 5.91. The summed E-state index contributed by atoms with van der Waals surface area (Å²) in [6, 6.07) is 7.07. The second-order valence-electron chi connectivity index (χ2n) is 7.71. The molecular weight excluding hydrogens is 387 g/mol. The van der Waals surface area contributed by atoms with Crippen molar-refractivity contribution in [1.82, 2.24) is 4.57 Å². The molecule has 1 aliphatic heterocycles. The lowest BCUT2D eigenvalue weighted by Crippen LogP contribution is -2.33. The van der Waals surface area contributed by atoms with Gasteiger partial charge < -0.3 is 20.1 Å². The van der Waals surface area contributed by atoms with Crippen LogP contribution in [0, 0.1) is 12.7 Å². The number of carbonyl (C=O) groups is 1. The van der Waals surface area contributed by atoms with Crippen molar-refractivity contribution in [3.63, 3.8) is 0 Å². The molecule has 1 aromatic heterocycles. The topological polar surface area (TPSA) is 94.6 Å². The molecule has 0 fully saturated rings. The predicted molar refractivity (Wildman–Crippen MR) is 112 cm³/mol. The largest absolute Gasteiger partial charge is 0.480 e. The van der Waals surface area contributed by atoms with Crippen LogP contribution in [0.3, 0.4) is 0 Å². The monoisotopic (exact) mass is 410 g/mol. The molecule has 0 spiro atoms. The number of halogens is 1. The zero-order chi connectivity index (χ0) is 21.6. The highest BCUT2D eigenvalue weighted by atomic mass is 19.1. The van der Waals surface area contributed by atoms with Gasteiger partial charge in [0.25, 0.3) is 5.56 Å². The van der Waals surface area contributed by atoms with E-state index >= 15 is 0 Å². The number of aromatic nitrogens is 1. The van der Waals surface area contributed by atoms with Crippen LogP contribution in [0.15, 0.2) is 35.1 Å². The molecule has 0 saturated heterocycles. The van der Waals surface area contributed by atoms with Crippen molar-refractivity contribution in [3.05, 3.63) is 68.8 Å². The summed E-state index contributed by atoms with van der Waals surface area (Å²) in [6.45, 7) is 2.68. The number of carboxylic acids is 1. The molecule has 7 heteroatoms. The molecule has 1 aliphatic rings. The van der Waals surface area contributed by atoms with Gasteiger partial charge >= 0.3 is 5.97 Å². The molecule has 156 valence electrons. The van der Waals surface area contributed by atoms with E-state index in [1.807, 2.05) is 19.1 Å². The van der Waals surface area contributed by atoms with E-state index in [9.17, 15) is 19.1 Å². The van der Waals surface area contributed by atoms with Gasteiger partial charge in [-0.1, -0.05) is 12.1 Å². The molecule has 30 heavy (non-hydrogen) atoms. The number of carboxylic acid groups (broad SMARTS) is 1. The Morgan fingerprint density at radius 2 is 2.07 bits per heavy atom. The maximum Gasteiger partial charge on any atom is 0.320 e. The van der Waals surface area contributed by atoms with E-state index in [-0.39, 0.29) is 17.8 Å². The van der Waals surface area contributed by atoms with Crippen LogP contribution in [0.25, 0.3) is 22.0 Å². The Labute approximate surface area is 172 Å². The SMILES string of the molecule is Cc1c(-c2ccc(CC(N)C(=O)O)c3c2CCOC3)c(=O)n(C)c2ccc(F)cc12. The third kappa shape index (κ3) is 3.30. The molecule has 3 aromatic rings. The molecule has 0 radical (unpaired) electrons. The number of aliphatic carboxylic acids is 1. The number of nitrogens with zero attached hydrogens (tertiary/aromatic N) is 1. The first-order valence-electron chi connectivity index (χ1n) is 9.78. The van der Waals surface area contributed by atoms with E-state index in [0.717, 1.165) is 27.8 Å². The first-order chi connectivity index (χ1) is 14.3. The first kappa shape index (κ1) is 20.3. The van der Waals surface area contributed by atoms with Gasteiger partial charge in [0.2, 0.25) is 0 Å². The van der Waals surface area contributed by atoms with Crippen LogP contribution in [-0.2, 0) is 36.0 Å². The molecule has 0 bridgehead atoms. The number of pyridine rings is 1. The Morgan fingerprint density at radius 1 is 1.30 bits per heavy atom. The maximum absolute atomic E-state index is 13.9. The minimum atomic E-state index is -1.06. The lowest BCUT2D eigenvalue weighted by Gasteiger charge is -2.25. The van der Waals surface area contributed by atoms with Crippen LogP contribution in [0.5, 0.6) is 0 Å². The van der Waals surface area contributed by atoms with E-state index in [0.29, 0.717) is 36.1 Å². The summed E-state index contributed by atoms with van der Waals surface area (Å²) in [5.74, 6) is -1.42. The van der Waals surface area contributed by atoms with Crippen LogP contribution in [-0.4, -0.2) is 28.3 Å². The third-order valence-electron chi connectivity index (χ3n) is 5.91. The summed E-state index contributed by atoms with van der Waals surface area (Å²) >= 11 is 0. The number of ether oxygens (including phenoxy) is 1. The van der Waals surface area contributed by atoms with Gasteiger partial charge in [-0.25, -0.2) is 4.39 Å². The van der Waals surface area contributed by atoms with Crippen molar-refractivity contribution >= 4 is 16.9 Å². The van der Waals surface area contributed by atoms with Gasteiger partial charge in [-0.2, -0.15) is 0 Å². The first-order valence-corrected chi connectivity index (χ1v) is 9.78. The van der Waals surface area contributed by atoms with Crippen molar-refractivity contribution in [2.24, 2.45) is 12.8 Å². The summed E-state index contributed by atoms with van der Waals surface area (Å²) in [5.41, 5.74) is 11.0. The average molecular weight is 410 g/mol. The quantitative estimate of drug-likeness (QED) is 0.690. The second kappa shape index (κ2) is 7.66. The van der Waals surface area contributed by atoms with E-state index in [1.165, 1.54) is 16.7 Å². The van der Waals surface area contributed by atoms with Gasteiger partial charge in [0.15, 0.2) is 0 Å². The second-order valence-corrected chi connectivity index (χ2v) is 7.71. The molecule has 0 amide bonds. The Hall–Kier alpha value is -3.03. The predicted octanol–water partition coefficient (Wildman–Crippen LogP) is 2.68. The number of nitrogens with two attached hydrogens (primary N) is 1. The Bertz CT molecular complexity index is 1230. The van der Waals surface area contributed by atoms with Crippen LogP contribution in [0.1, 0.15) is 22.3 Å². The van der Waals surface area contributed by atoms with E-state index in [2.05, 4.69) is 0 Å². The smallest absolute Gasteiger partial charge is 0.320 e. The molecule has 4 rings (SSSR count). The van der Waals surface area contributed by atoms with Gasteiger partial charge in [0, 0.05) is 12.4 Å². The summed E-state index contributed by atoms with van der Waals surface area (Å²) in [7, 11) is 1.68. The Kier molecular flexibility index (Phi) is 5.17. The van der Waals surface area contributed by atoms with Crippen molar-refractivity contribution in [2.45, 2.75) is 32.4 Å². The molecule has 3 N–H and O–H groups in total. The van der Waals surface area contributed by atoms with Gasteiger partial charge in [0.1, 0.15) is 11.9 Å². The number of benzene rings is 2. The number of hydrogen-bond donors (Lipinski definition) is 2. The summed E-state index contributed by atoms with van der Waals surface area (Å²) in [4.78, 5) is 24.5. The highest BCUT2D eigenvalue weighted by Crippen LogP contribution is 2.34. The number of hydrogen-bond acceptors (Lipinski definition) is 4. The normalized spacial score (nSPS) is 14.5. The lowest BCUT2D eigenvalue weighted by molar-refractivity contribution is -0.138. The van der Waals surface area contributed by atoms with Gasteiger partial charge in [-0.15, -0.1) is 0 Å². The molecular formula is C23H23FN2O4. The minimum Gasteiger partial charge on any atom is -0.480 e. The molecule has 2 aromatic carbocycles. The summed E-state index contributed by atoms with van der Waals surface area (Å²) in [6.07, 6.45) is 0.784. The van der Waals surface area contributed by atoms with Gasteiger partial charge in [0.05, 0.1) is 24.3 Å². The van der Waals surface area contributed by atoms with Crippen LogP contribution < -0.4 is 11.3 Å². The van der Waals surface area contributed by atoms with E-state index in [1.54, 1.807) is 13.1 Å². The Balaban J connectivity index is 1.97. The van der Waals surface area contributed by atoms with Crippen molar-refractivity contribution in [1.29, 1.82) is 0 Å². The van der Waals surface area contributed by atoms with Crippen LogP contribution >= 0.6 is 0 Å². The molecule has 0 saturated carbocycles. The summed E-state index contributed by atoms with van der Waals surface area (Å²) in [5, 5.41) is 9.86. The van der Waals surface area contributed by atoms with E-state index < -0.39 is 12.0 Å². The highest BCUT2D eigenvalue weighted by molar-refractivity contribution is 5.89. The molecule has 1 atom stereocenters.